The van der Waals surface area contributed by atoms with Crippen LogP contribution in [-0.2, 0) is 9.53 Å². The van der Waals surface area contributed by atoms with E-state index in [-0.39, 0.29) is 17.6 Å². The number of morpholine rings is 1. The van der Waals surface area contributed by atoms with Gasteiger partial charge in [-0.1, -0.05) is 37.3 Å². The van der Waals surface area contributed by atoms with E-state index >= 15 is 0 Å². The molecule has 5 nitrogen and oxygen atoms in total. The Kier molecular flexibility index (Phi) is 6.11. The smallest absolute Gasteiger partial charge is 0.268 e. The molecule has 4 rings (SSSR count). The van der Waals surface area contributed by atoms with Gasteiger partial charge in [-0.05, 0) is 30.2 Å². The van der Waals surface area contributed by atoms with Crippen LogP contribution in [0.2, 0.25) is 0 Å². The fourth-order valence-electron chi connectivity index (χ4n) is 4.13. The first-order valence-electron chi connectivity index (χ1n) is 10.3. The molecule has 0 aromatic heterocycles. The number of carbonyl (C=O) groups is 1. The standard InChI is InChI=1S/C23H27FN2O3/c1-2-21(29-22-10-6-4-8-19(22)24)23(27)26-16-17(15-25-11-13-28-14-12-25)18-7-3-5-9-20(18)26/h3-10,17,21H,2,11-16H2,1H3/t17-,21+/m0/s1. The van der Waals surface area contributed by atoms with Crippen LogP contribution < -0.4 is 9.64 Å². The summed E-state index contributed by atoms with van der Waals surface area (Å²) in [7, 11) is 0. The average Bonchev–Trinajstić information content (AvgIpc) is 3.12. The normalized spacial score (nSPS) is 20.3. The minimum Gasteiger partial charge on any atom is -0.478 e. The number of fused-ring (bicyclic) bond motifs is 1. The molecule has 2 aliphatic heterocycles. The van der Waals surface area contributed by atoms with E-state index in [2.05, 4.69) is 11.0 Å². The van der Waals surface area contributed by atoms with Gasteiger partial charge >= 0.3 is 0 Å². The van der Waals surface area contributed by atoms with E-state index in [1.54, 1.807) is 18.2 Å². The number of anilines is 1. The van der Waals surface area contributed by atoms with Crippen LogP contribution in [0.4, 0.5) is 10.1 Å². The quantitative estimate of drug-likeness (QED) is 0.748. The van der Waals surface area contributed by atoms with Gasteiger partial charge in [0.2, 0.25) is 0 Å². The average molecular weight is 398 g/mol. The number of hydrogen-bond donors (Lipinski definition) is 0. The molecule has 1 fully saturated rings. The molecule has 0 aliphatic carbocycles. The zero-order chi connectivity index (χ0) is 20.2. The van der Waals surface area contributed by atoms with Crippen LogP contribution in [0.3, 0.4) is 0 Å². The van der Waals surface area contributed by atoms with Crippen molar-refractivity contribution in [2.45, 2.75) is 25.4 Å². The number of amides is 1. The first kappa shape index (κ1) is 19.9. The van der Waals surface area contributed by atoms with Gasteiger partial charge in [-0.15, -0.1) is 0 Å². The lowest BCUT2D eigenvalue weighted by molar-refractivity contribution is -0.125. The van der Waals surface area contributed by atoms with E-state index in [1.165, 1.54) is 11.6 Å². The number of para-hydroxylation sites is 2. The molecule has 2 heterocycles. The summed E-state index contributed by atoms with van der Waals surface area (Å²) in [5.74, 6) is -0.206. The van der Waals surface area contributed by atoms with Gasteiger partial charge in [-0.25, -0.2) is 4.39 Å². The third-order valence-corrected chi connectivity index (χ3v) is 5.67. The SMILES string of the molecule is CC[C@@H](Oc1ccccc1F)C(=O)N1C[C@H](CN2CCOCC2)c2ccccc21. The van der Waals surface area contributed by atoms with Crippen molar-refractivity contribution in [2.24, 2.45) is 0 Å². The molecule has 2 aromatic carbocycles. The highest BCUT2D eigenvalue weighted by Crippen LogP contribution is 2.37. The number of halogens is 1. The summed E-state index contributed by atoms with van der Waals surface area (Å²) >= 11 is 0. The molecular formula is C23H27FN2O3. The predicted molar refractivity (Wildman–Crippen MR) is 110 cm³/mol. The number of rotatable bonds is 6. The third-order valence-electron chi connectivity index (χ3n) is 5.67. The first-order valence-corrected chi connectivity index (χ1v) is 10.3. The molecular weight excluding hydrogens is 371 g/mol. The molecule has 2 aromatic rings. The van der Waals surface area contributed by atoms with Crippen LogP contribution in [0.1, 0.15) is 24.8 Å². The maximum absolute atomic E-state index is 14.0. The van der Waals surface area contributed by atoms with Gasteiger partial charge in [0.1, 0.15) is 0 Å². The Morgan fingerprint density at radius 2 is 1.90 bits per heavy atom. The number of ether oxygens (including phenoxy) is 2. The molecule has 6 heteroatoms. The van der Waals surface area contributed by atoms with E-state index in [1.807, 2.05) is 30.0 Å². The summed E-state index contributed by atoms with van der Waals surface area (Å²) in [6.07, 6.45) is -0.248. The molecule has 154 valence electrons. The minimum absolute atomic E-state index is 0.116. The Hall–Kier alpha value is -2.44. The second kappa shape index (κ2) is 8.93. The molecule has 2 aliphatic rings. The van der Waals surface area contributed by atoms with Gasteiger partial charge in [-0.2, -0.15) is 0 Å². The number of nitrogens with zero attached hydrogens (tertiary/aromatic N) is 2. The van der Waals surface area contributed by atoms with E-state index in [0.717, 1.165) is 38.5 Å². The largest absolute Gasteiger partial charge is 0.478 e. The van der Waals surface area contributed by atoms with Crippen LogP contribution in [0, 0.1) is 5.82 Å². The van der Waals surface area contributed by atoms with Gasteiger partial charge in [-0.3, -0.25) is 9.69 Å². The Balaban J connectivity index is 1.52. The van der Waals surface area contributed by atoms with Crippen molar-refractivity contribution in [2.75, 3.05) is 44.3 Å². The molecule has 0 radical (unpaired) electrons. The maximum atomic E-state index is 14.0. The fourth-order valence-corrected chi connectivity index (χ4v) is 4.13. The van der Waals surface area contributed by atoms with Crippen molar-refractivity contribution >= 4 is 11.6 Å². The van der Waals surface area contributed by atoms with Crippen LogP contribution in [0.5, 0.6) is 5.75 Å². The van der Waals surface area contributed by atoms with Gasteiger partial charge in [0, 0.05) is 37.8 Å². The van der Waals surface area contributed by atoms with Crippen molar-refractivity contribution in [3.8, 4) is 5.75 Å². The van der Waals surface area contributed by atoms with Crippen LogP contribution >= 0.6 is 0 Å². The van der Waals surface area contributed by atoms with Crippen molar-refractivity contribution in [1.82, 2.24) is 4.90 Å². The summed E-state index contributed by atoms with van der Waals surface area (Å²) in [5.41, 5.74) is 2.12. The molecule has 1 saturated heterocycles. The molecule has 29 heavy (non-hydrogen) atoms. The third kappa shape index (κ3) is 4.28. The molecule has 2 atom stereocenters. The Morgan fingerprint density at radius 1 is 1.17 bits per heavy atom. The fraction of sp³-hybridized carbons (Fsp3) is 0.435. The lowest BCUT2D eigenvalue weighted by atomic mass is 10.0. The van der Waals surface area contributed by atoms with Crippen LogP contribution in [0.25, 0.3) is 0 Å². The first-order chi connectivity index (χ1) is 14.2. The monoisotopic (exact) mass is 398 g/mol. The summed E-state index contributed by atoms with van der Waals surface area (Å²) < 4.78 is 25.3. The van der Waals surface area contributed by atoms with Gasteiger partial charge < -0.3 is 14.4 Å². The zero-order valence-electron chi connectivity index (χ0n) is 16.7. The van der Waals surface area contributed by atoms with Gasteiger partial charge in [0.25, 0.3) is 5.91 Å². The second-order valence-electron chi connectivity index (χ2n) is 7.56. The molecule has 0 bridgehead atoms. The number of benzene rings is 2. The molecule has 0 saturated carbocycles. The minimum atomic E-state index is -0.720. The molecule has 0 spiro atoms. The Labute approximate surface area is 171 Å². The lowest BCUT2D eigenvalue weighted by Crippen LogP contribution is -2.43. The van der Waals surface area contributed by atoms with Crippen molar-refractivity contribution in [3.63, 3.8) is 0 Å². The highest BCUT2D eigenvalue weighted by Gasteiger charge is 2.36. The molecule has 0 unspecified atom stereocenters. The topological polar surface area (TPSA) is 42.0 Å². The zero-order valence-corrected chi connectivity index (χ0v) is 16.7. The summed E-state index contributed by atoms with van der Waals surface area (Å²) in [5, 5.41) is 0. The highest BCUT2D eigenvalue weighted by atomic mass is 19.1. The number of hydrogen-bond acceptors (Lipinski definition) is 4. The van der Waals surface area contributed by atoms with E-state index in [9.17, 15) is 9.18 Å². The Bertz CT molecular complexity index is 854. The highest BCUT2D eigenvalue weighted by molar-refractivity contribution is 5.99. The Morgan fingerprint density at radius 3 is 2.66 bits per heavy atom. The molecule has 0 N–H and O–H groups in total. The second-order valence-corrected chi connectivity index (χ2v) is 7.56. The van der Waals surface area contributed by atoms with E-state index in [0.29, 0.717) is 13.0 Å². The van der Waals surface area contributed by atoms with Crippen LogP contribution in [0.15, 0.2) is 48.5 Å². The van der Waals surface area contributed by atoms with Crippen molar-refractivity contribution in [3.05, 3.63) is 59.9 Å². The van der Waals surface area contributed by atoms with Crippen LogP contribution in [-0.4, -0.2) is 56.3 Å². The van der Waals surface area contributed by atoms with Crippen molar-refractivity contribution < 1.29 is 18.7 Å². The summed E-state index contributed by atoms with van der Waals surface area (Å²) in [4.78, 5) is 17.5. The summed E-state index contributed by atoms with van der Waals surface area (Å²) in [6, 6.07) is 14.3. The van der Waals surface area contributed by atoms with Crippen molar-refractivity contribution in [1.29, 1.82) is 0 Å². The van der Waals surface area contributed by atoms with Gasteiger partial charge in [0.05, 0.1) is 13.2 Å². The number of carbonyl (C=O) groups excluding carboxylic acids is 1. The van der Waals surface area contributed by atoms with E-state index < -0.39 is 11.9 Å². The summed E-state index contributed by atoms with van der Waals surface area (Å²) in [6.45, 7) is 6.75. The van der Waals surface area contributed by atoms with Gasteiger partial charge in [0.15, 0.2) is 17.7 Å². The predicted octanol–water partition coefficient (Wildman–Crippen LogP) is 3.45. The van der Waals surface area contributed by atoms with E-state index in [4.69, 9.17) is 9.47 Å². The molecule has 1 amide bonds. The lowest BCUT2D eigenvalue weighted by Gasteiger charge is -2.29. The maximum Gasteiger partial charge on any atom is 0.268 e.